The lowest BCUT2D eigenvalue weighted by Gasteiger charge is -2.37. The molecule has 0 spiro atoms. The lowest BCUT2D eigenvalue weighted by Crippen LogP contribution is -2.44. The zero-order valence-electron chi connectivity index (χ0n) is 13.2. The second-order valence-electron chi connectivity index (χ2n) is 6.32. The molecule has 0 unspecified atom stereocenters. The zero-order chi connectivity index (χ0) is 17.5. The fourth-order valence-corrected chi connectivity index (χ4v) is 3.23. The molecular formula is C17H17F2NO4. The molecule has 0 atom stereocenters. The van der Waals surface area contributed by atoms with E-state index >= 15 is 0 Å². The molecule has 1 aromatic carbocycles. The summed E-state index contributed by atoms with van der Waals surface area (Å²) in [6.07, 6.45) is -0.557. The fourth-order valence-electron chi connectivity index (χ4n) is 3.23. The van der Waals surface area contributed by atoms with Gasteiger partial charge in [0.15, 0.2) is 0 Å². The predicted molar refractivity (Wildman–Crippen MR) is 79.2 cm³/mol. The van der Waals surface area contributed by atoms with Gasteiger partial charge < -0.3 is 4.84 Å². The topological polar surface area (TPSA) is 63.7 Å². The predicted octanol–water partition coefficient (Wildman–Crippen LogP) is 3.35. The molecule has 2 aliphatic rings. The Labute approximate surface area is 137 Å². The lowest BCUT2D eigenvalue weighted by atomic mass is 9.71. The second kappa shape index (κ2) is 5.65. The molecule has 1 aromatic rings. The van der Waals surface area contributed by atoms with Crippen LogP contribution in [-0.2, 0) is 9.63 Å². The van der Waals surface area contributed by atoms with Gasteiger partial charge in [0.1, 0.15) is 0 Å². The summed E-state index contributed by atoms with van der Waals surface area (Å²) in [6, 6.07) is 6.15. The van der Waals surface area contributed by atoms with Gasteiger partial charge in [0, 0.05) is 12.8 Å². The van der Waals surface area contributed by atoms with Gasteiger partial charge in [-0.2, -0.15) is 0 Å². The molecular weight excluding hydrogens is 320 g/mol. The maximum absolute atomic E-state index is 13.4. The standard InChI is InChI=1S/C17H17F2NO4/c1-2-16(7-9-17(18,19)10-8-16)15(23)24-20-13(21)11-5-3-4-6-12(11)14(20)22/h3-6H,2,7-10H2,1H3. The van der Waals surface area contributed by atoms with Gasteiger partial charge in [0.2, 0.25) is 5.92 Å². The largest absolute Gasteiger partial charge is 0.339 e. The highest BCUT2D eigenvalue weighted by Crippen LogP contribution is 2.46. The van der Waals surface area contributed by atoms with E-state index in [4.69, 9.17) is 4.84 Å². The molecule has 3 rings (SSSR count). The first-order valence-corrected chi connectivity index (χ1v) is 7.88. The van der Waals surface area contributed by atoms with Crippen molar-refractivity contribution in [3.05, 3.63) is 35.4 Å². The summed E-state index contributed by atoms with van der Waals surface area (Å²) < 4.78 is 26.8. The molecule has 0 radical (unpaired) electrons. The summed E-state index contributed by atoms with van der Waals surface area (Å²) >= 11 is 0. The number of benzene rings is 1. The number of imide groups is 1. The molecule has 1 fully saturated rings. The average Bonchev–Trinajstić information content (AvgIpc) is 2.81. The Kier molecular flexibility index (Phi) is 3.89. The van der Waals surface area contributed by atoms with Gasteiger partial charge in [-0.05, 0) is 31.4 Å². The number of alkyl halides is 2. The molecule has 0 bridgehead atoms. The monoisotopic (exact) mass is 337 g/mol. The van der Waals surface area contributed by atoms with Crippen LogP contribution in [0.25, 0.3) is 0 Å². The van der Waals surface area contributed by atoms with E-state index in [1.807, 2.05) is 0 Å². The number of fused-ring (bicyclic) bond motifs is 1. The van der Waals surface area contributed by atoms with Crippen molar-refractivity contribution in [2.24, 2.45) is 5.41 Å². The van der Waals surface area contributed by atoms with E-state index in [1.165, 1.54) is 12.1 Å². The minimum absolute atomic E-state index is 0.0293. The van der Waals surface area contributed by atoms with E-state index in [2.05, 4.69) is 0 Å². The van der Waals surface area contributed by atoms with Crippen molar-refractivity contribution in [2.75, 3.05) is 0 Å². The van der Waals surface area contributed by atoms with Crippen LogP contribution in [0.5, 0.6) is 0 Å². The minimum atomic E-state index is -2.78. The number of hydrogen-bond acceptors (Lipinski definition) is 4. The summed E-state index contributed by atoms with van der Waals surface area (Å²) in [5.41, 5.74) is -0.760. The molecule has 7 heteroatoms. The molecule has 0 aromatic heterocycles. The Morgan fingerprint density at radius 2 is 1.58 bits per heavy atom. The van der Waals surface area contributed by atoms with Crippen LogP contribution >= 0.6 is 0 Å². The number of hydrogen-bond donors (Lipinski definition) is 0. The maximum Gasteiger partial charge on any atom is 0.339 e. The van der Waals surface area contributed by atoms with Gasteiger partial charge in [0.05, 0.1) is 16.5 Å². The van der Waals surface area contributed by atoms with Crippen LogP contribution in [0, 0.1) is 5.41 Å². The van der Waals surface area contributed by atoms with Crippen molar-refractivity contribution >= 4 is 17.8 Å². The minimum Gasteiger partial charge on any atom is -0.329 e. The van der Waals surface area contributed by atoms with E-state index in [9.17, 15) is 23.2 Å². The van der Waals surface area contributed by atoms with Gasteiger partial charge in [0.25, 0.3) is 11.8 Å². The Bertz CT molecular complexity index is 671. The number of carbonyl (C=O) groups excluding carboxylic acids is 3. The number of hydroxylamine groups is 2. The van der Waals surface area contributed by atoms with Crippen LogP contribution in [0.3, 0.4) is 0 Å². The molecule has 1 aliphatic carbocycles. The fraction of sp³-hybridized carbons (Fsp3) is 0.471. The number of amides is 2. The highest BCUT2D eigenvalue weighted by Gasteiger charge is 2.50. The molecule has 5 nitrogen and oxygen atoms in total. The summed E-state index contributed by atoms with van der Waals surface area (Å²) in [4.78, 5) is 42.1. The van der Waals surface area contributed by atoms with E-state index in [0.717, 1.165) is 0 Å². The Morgan fingerprint density at radius 1 is 1.08 bits per heavy atom. The van der Waals surface area contributed by atoms with Gasteiger partial charge in [-0.15, -0.1) is 0 Å². The third kappa shape index (κ3) is 2.57. The summed E-state index contributed by atoms with van der Waals surface area (Å²) in [6.45, 7) is 1.72. The van der Waals surface area contributed by atoms with Gasteiger partial charge in [-0.1, -0.05) is 24.1 Å². The van der Waals surface area contributed by atoms with Crippen LogP contribution in [-0.4, -0.2) is 28.8 Å². The van der Waals surface area contributed by atoms with E-state index in [1.54, 1.807) is 19.1 Å². The summed E-state index contributed by atoms with van der Waals surface area (Å²) in [5, 5.41) is 0.442. The quantitative estimate of drug-likeness (QED) is 0.794. The van der Waals surface area contributed by atoms with Gasteiger partial charge >= 0.3 is 5.97 Å². The average molecular weight is 337 g/mol. The van der Waals surface area contributed by atoms with Gasteiger partial charge in [-0.25, -0.2) is 13.6 Å². The van der Waals surface area contributed by atoms with Crippen molar-refractivity contribution in [1.29, 1.82) is 0 Å². The molecule has 0 N–H and O–H groups in total. The molecule has 24 heavy (non-hydrogen) atoms. The Balaban J connectivity index is 1.78. The number of nitrogens with zero attached hydrogens (tertiary/aromatic N) is 1. The van der Waals surface area contributed by atoms with Crippen LogP contribution in [0.4, 0.5) is 8.78 Å². The Morgan fingerprint density at radius 3 is 2.04 bits per heavy atom. The molecule has 0 saturated heterocycles. The summed E-state index contributed by atoms with van der Waals surface area (Å²) in [5.74, 6) is -5.00. The first-order chi connectivity index (χ1) is 11.3. The maximum atomic E-state index is 13.4. The lowest BCUT2D eigenvalue weighted by molar-refractivity contribution is -0.188. The van der Waals surface area contributed by atoms with Crippen molar-refractivity contribution in [3.63, 3.8) is 0 Å². The smallest absolute Gasteiger partial charge is 0.329 e. The summed E-state index contributed by atoms with van der Waals surface area (Å²) in [7, 11) is 0. The van der Waals surface area contributed by atoms with E-state index in [-0.39, 0.29) is 24.0 Å². The highest BCUT2D eigenvalue weighted by atomic mass is 19.3. The van der Waals surface area contributed by atoms with Crippen molar-refractivity contribution < 1.29 is 28.0 Å². The highest BCUT2D eigenvalue weighted by molar-refractivity contribution is 6.20. The van der Waals surface area contributed by atoms with E-state index in [0.29, 0.717) is 11.5 Å². The number of rotatable bonds is 3. The van der Waals surface area contributed by atoms with Crippen LogP contribution in [0.1, 0.15) is 59.7 Å². The van der Waals surface area contributed by atoms with E-state index < -0.39 is 42.0 Å². The van der Waals surface area contributed by atoms with Crippen molar-refractivity contribution in [3.8, 4) is 0 Å². The third-order valence-corrected chi connectivity index (χ3v) is 4.98. The van der Waals surface area contributed by atoms with Crippen LogP contribution in [0.2, 0.25) is 0 Å². The molecule has 128 valence electrons. The van der Waals surface area contributed by atoms with Crippen LogP contribution in [0.15, 0.2) is 24.3 Å². The van der Waals surface area contributed by atoms with Crippen molar-refractivity contribution in [1.82, 2.24) is 5.06 Å². The molecule has 1 saturated carbocycles. The second-order valence-corrected chi connectivity index (χ2v) is 6.32. The Hall–Kier alpha value is -2.31. The third-order valence-electron chi connectivity index (χ3n) is 4.98. The zero-order valence-corrected chi connectivity index (χ0v) is 13.2. The SMILES string of the molecule is CCC1(C(=O)ON2C(=O)c3ccccc3C2=O)CCC(F)(F)CC1. The molecule has 1 heterocycles. The molecule has 1 aliphatic heterocycles. The first-order valence-electron chi connectivity index (χ1n) is 7.88. The van der Waals surface area contributed by atoms with Crippen molar-refractivity contribution in [2.45, 2.75) is 45.0 Å². The van der Waals surface area contributed by atoms with Gasteiger partial charge in [-0.3, -0.25) is 9.59 Å². The number of carbonyl (C=O) groups is 3. The normalized spacial score (nSPS) is 21.5. The number of halogens is 2. The molecule has 2 amide bonds. The first kappa shape index (κ1) is 16.5. The van der Waals surface area contributed by atoms with Crippen LogP contribution < -0.4 is 0 Å².